The van der Waals surface area contributed by atoms with Crippen LogP contribution in [-0.4, -0.2) is 28.6 Å². The minimum absolute atomic E-state index is 0.0157. The molecular weight excluding hydrogens is 318 g/mol. The molecule has 1 N–H and O–H groups in total. The lowest BCUT2D eigenvalue weighted by atomic mass is 10.1. The molecule has 0 bridgehead atoms. The van der Waals surface area contributed by atoms with Crippen molar-refractivity contribution in [1.82, 2.24) is 4.90 Å². The van der Waals surface area contributed by atoms with Gasteiger partial charge in [0.25, 0.3) is 0 Å². The number of carboxylic acid groups (broad SMARTS) is 1. The van der Waals surface area contributed by atoms with E-state index in [2.05, 4.69) is 20.8 Å². The molecule has 1 aromatic rings. The van der Waals surface area contributed by atoms with Crippen LogP contribution in [0.5, 0.6) is 0 Å². The van der Waals surface area contributed by atoms with Gasteiger partial charge < -0.3 is 5.11 Å². The Labute approximate surface area is 121 Å². The van der Waals surface area contributed by atoms with E-state index < -0.39 is 5.97 Å². The predicted molar refractivity (Wildman–Crippen MR) is 77.0 cm³/mol. The molecule has 5 heteroatoms. The smallest absolute Gasteiger partial charge is 0.304 e. The summed E-state index contributed by atoms with van der Waals surface area (Å²) in [5, 5.41) is 9.50. The van der Waals surface area contributed by atoms with Gasteiger partial charge in [0.15, 0.2) is 0 Å². The van der Waals surface area contributed by atoms with Gasteiger partial charge in [-0.25, -0.2) is 0 Å². The first-order chi connectivity index (χ1) is 8.43. The Balaban J connectivity index is 2.72. The molecule has 0 aromatic heterocycles. The van der Waals surface area contributed by atoms with Gasteiger partial charge in [-0.05, 0) is 47.1 Å². The van der Waals surface area contributed by atoms with Gasteiger partial charge in [0.1, 0.15) is 0 Å². The second-order valence-electron chi connectivity index (χ2n) is 4.26. The minimum atomic E-state index is -0.766. The number of aliphatic carboxylic acids is 1. The molecule has 1 atom stereocenters. The molecule has 0 fully saturated rings. The molecule has 0 aliphatic heterocycles. The van der Waals surface area contributed by atoms with Crippen LogP contribution >= 0.6 is 27.5 Å². The van der Waals surface area contributed by atoms with Gasteiger partial charge in [-0.2, -0.15) is 0 Å². The van der Waals surface area contributed by atoms with E-state index in [9.17, 15) is 4.79 Å². The van der Waals surface area contributed by atoms with Crippen molar-refractivity contribution in [3.8, 4) is 0 Å². The summed E-state index contributed by atoms with van der Waals surface area (Å²) in [5.41, 5.74) is 1.12. The van der Waals surface area contributed by atoms with Crippen LogP contribution in [0.25, 0.3) is 0 Å². The number of halogens is 2. The second-order valence-corrected chi connectivity index (χ2v) is 5.52. The molecule has 1 rings (SSSR count). The fraction of sp³-hybridized carbons (Fsp3) is 0.462. The molecule has 0 saturated heterocycles. The van der Waals surface area contributed by atoms with Crippen LogP contribution < -0.4 is 0 Å². The Morgan fingerprint density at radius 3 is 2.72 bits per heavy atom. The van der Waals surface area contributed by atoms with Crippen LogP contribution in [0.2, 0.25) is 5.02 Å². The zero-order chi connectivity index (χ0) is 13.7. The third kappa shape index (κ3) is 4.59. The van der Waals surface area contributed by atoms with Crippen LogP contribution in [0.3, 0.4) is 0 Å². The number of rotatable bonds is 6. The molecule has 0 saturated carbocycles. The first-order valence-corrected chi connectivity index (χ1v) is 7.01. The van der Waals surface area contributed by atoms with E-state index in [0.717, 1.165) is 23.1 Å². The Morgan fingerprint density at radius 2 is 2.22 bits per heavy atom. The highest BCUT2D eigenvalue weighted by Gasteiger charge is 2.15. The number of carboxylic acids is 1. The topological polar surface area (TPSA) is 40.5 Å². The van der Waals surface area contributed by atoms with Crippen LogP contribution in [0.1, 0.15) is 25.8 Å². The molecule has 0 aliphatic carbocycles. The fourth-order valence-corrected chi connectivity index (χ4v) is 2.38. The maximum absolute atomic E-state index is 10.7. The monoisotopic (exact) mass is 333 g/mol. The molecule has 1 unspecified atom stereocenters. The zero-order valence-electron chi connectivity index (χ0n) is 10.5. The Morgan fingerprint density at radius 1 is 1.56 bits per heavy atom. The maximum Gasteiger partial charge on any atom is 0.304 e. The Bertz CT molecular complexity index is 425. The molecule has 0 amide bonds. The highest BCUT2D eigenvalue weighted by atomic mass is 79.9. The molecule has 3 nitrogen and oxygen atoms in total. The summed E-state index contributed by atoms with van der Waals surface area (Å²) < 4.78 is 0.864. The van der Waals surface area contributed by atoms with E-state index in [-0.39, 0.29) is 12.5 Å². The van der Waals surface area contributed by atoms with Crippen molar-refractivity contribution in [3.05, 3.63) is 33.3 Å². The van der Waals surface area contributed by atoms with Crippen molar-refractivity contribution < 1.29 is 9.90 Å². The number of hydrogen-bond donors (Lipinski definition) is 1. The molecule has 18 heavy (non-hydrogen) atoms. The van der Waals surface area contributed by atoms with Crippen molar-refractivity contribution in [3.63, 3.8) is 0 Å². The quantitative estimate of drug-likeness (QED) is 0.860. The zero-order valence-corrected chi connectivity index (χ0v) is 12.8. The van der Waals surface area contributed by atoms with Gasteiger partial charge in [0, 0.05) is 17.1 Å². The Kier molecular flexibility index (Phi) is 6.12. The summed E-state index contributed by atoms with van der Waals surface area (Å²) in [6.07, 6.45) is 0.155. The molecule has 100 valence electrons. The van der Waals surface area contributed by atoms with Crippen molar-refractivity contribution in [1.29, 1.82) is 0 Å². The van der Waals surface area contributed by atoms with E-state index in [1.165, 1.54) is 0 Å². The molecular formula is C13H17BrClNO2. The average molecular weight is 335 g/mol. The normalized spacial score (nSPS) is 12.7. The summed E-state index contributed by atoms with van der Waals surface area (Å²) in [6.45, 7) is 5.50. The molecule has 1 aromatic carbocycles. The Hall–Kier alpha value is -0.580. The van der Waals surface area contributed by atoms with E-state index in [0.29, 0.717) is 5.02 Å². The standard InChI is InChI=1S/C13H17BrClNO2/c1-3-16(9(2)6-13(17)18)8-10-4-5-12(15)11(14)7-10/h4-5,7,9H,3,6,8H2,1-2H3,(H,17,18). The third-order valence-corrected chi connectivity index (χ3v) is 4.08. The second kappa shape index (κ2) is 7.12. The summed E-state index contributed by atoms with van der Waals surface area (Å²) >= 11 is 9.33. The highest BCUT2D eigenvalue weighted by Crippen LogP contribution is 2.24. The van der Waals surface area contributed by atoms with Crippen LogP contribution in [0.15, 0.2) is 22.7 Å². The maximum atomic E-state index is 10.7. The molecule has 0 spiro atoms. The van der Waals surface area contributed by atoms with Crippen molar-refractivity contribution in [2.45, 2.75) is 32.9 Å². The number of carbonyl (C=O) groups is 1. The van der Waals surface area contributed by atoms with Gasteiger partial charge in [-0.1, -0.05) is 24.6 Å². The van der Waals surface area contributed by atoms with Gasteiger partial charge in [0.2, 0.25) is 0 Å². The summed E-state index contributed by atoms with van der Waals surface area (Å²) in [5.74, 6) is -0.766. The van der Waals surface area contributed by atoms with Gasteiger partial charge >= 0.3 is 5.97 Å². The SMILES string of the molecule is CCN(Cc1ccc(Cl)c(Br)c1)C(C)CC(=O)O. The third-order valence-electron chi connectivity index (χ3n) is 2.87. The van der Waals surface area contributed by atoms with E-state index in [4.69, 9.17) is 16.7 Å². The summed E-state index contributed by atoms with van der Waals surface area (Å²) in [7, 11) is 0. The van der Waals surface area contributed by atoms with E-state index in [1.54, 1.807) is 0 Å². The summed E-state index contributed by atoms with van der Waals surface area (Å²) in [4.78, 5) is 12.9. The first-order valence-electron chi connectivity index (χ1n) is 5.83. The van der Waals surface area contributed by atoms with Gasteiger partial charge in [-0.3, -0.25) is 9.69 Å². The lowest BCUT2D eigenvalue weighted by molar-refractivity contribution is -0.138. The van der Waals surface area contributed by atoms with Crippen molar-refractivity contribution >= 4 is 33.5 Å². The van der Waals surface area contributed by atoms with Crippen LogP contribution in [-0.2, 0) is 11.3 Å². The lowest BCUT2D eigenvalue weighted by Gasteiger charge is -2.26. The van der Waals surface area contributed by atoms with E-state index in [1.807, 2.05) is 32.0 Å². The van der Waals surface area contributed by atoms with E-state index >= 15 is 0 Å². The summed E-state index contributed by atoms with van der Waals surface area (Å²) in [6, 6.07) is 5.79. The number of hydrogen-bond acceptors (Lipinski definition) is 2. The predicted octanol–water partition coefficient (Wildman–Crippen LogP) is 3.79. The fourth-order valence-electron chi connectivity index (χ4n) is 1.83. The molecule has 0 aliphatic rings. The van der Waals surface area contributed by atoms with Crippen LogP contribution in [0, 0.1) is 0 Å². The number of benzene rings is 1. The average Bonchev–Trinajstić information content (AvgIpc) is 2.29. The van der Waals surface area contributed by atoms with Gasteiger partial charge in [-0.15, -0.1) is 0 Å². The largest absolute Gasteiger partial charge is 0.481 e. The van der Waals surface area contributed by atoms with Crippen molar-refractivity contribution in [2.24, 2.45) is 0 Å². The van der Waals surface area contributed by atoms with Crippen LogP contribution in [0.4, 0.5) is 0 Å². The van der Waals surface area contributed by atoms with Gasteiger partial charge in [0.05, 0.1) is 11.4 Å². The minimum Gasteiger partial charge on any atom is -0.481 e. The first kappa shape index (κ1) is 15.5. The lowest BCUT2D eigenvalue weighted by Crippen LogP contribution is -2.34. The number of nitrogens with zero attached hydrogens (tertiary/aromatic N) is 1. The van der Waals surface area contributed by atoms with Crippen molar-refractivity contribution in [2.75, 3.05) is 6.54 Å². The highest BCUT2D eigenvalue weighted by molar-refractivity contribution is 9.10. The molecule has 0 radical (unpaired) electrons. The molecule has 0 heterocycles.